The van der Waals surface area contributed by atoms with Crippen molar-refractivity contribution >= 4 is 0 Å². The summed E-state index contributed by atoms with van der Waals surface area (Å²) in [6.07, 6.45) is 2.05. The molecule has 0 spiro atoms. The van der Waals surface area contributed by atoms with E-state index in [1.807, 2.05) is 6.07 Å². The molecule has 0 saturated carbocycles. The first kappa shape index (κ1) is 9.11. The Kier molecular flexibility index (Phi) is 2.74. The van der Waals surface area contributed by atoms with Crippen LogP contribution in [0.4, 0.5) is 0 Å². The topological polar surface area (TPSA) is 20.2 Å². The van der Waals surface area contributed by atoms with Crippen molar-refractivity contribution in [2.24, 2.45) is 0 Å². The van der Waals surface area contributed by atoms with Crippen LogP contribution in [0, 0.1) is 13.8 Å². The van der Waals surface area contributed by atoms with Crippen LogP contribution in [0.3, 0.4) is 0 Å². The van der Waals surface area contributed by atoms with Crippen molar-refractivity contribution in [1.82, 2.24) is 0 Å². The maximum Gasteiger partial charge on any atom is 0.119 e. The normalized spacial score (nSPS) is 10.2. The van der Waals surface area contributed by atoms with E-state index < -0.39 is 0 Å². The molecule has 0 aliphatic carbocycles. The van der Waals surface area contributed by atoms with Crippen LogP contribution in [-0.4, -0.2) is 5.11 Å². The molecule has 0 atom stereocenters. The third-order valence-electron chi connectivity index (χ3n) is 2.34. The lowest BCUT2D eigenvalue weighted by molar-refractivity contribution is 0.466. The van der Waals surface area contributed by atoms with Gasteiger partial charge in [0.15, 0.2) is 0 Å². The molecule has 0 fully saturated rings. The van der Waals surface area contributed by atoms with Crippen LogP contribution in [-0.2, 0) is 6.42 Å². The minimum atomic E-state index is 0.444. The summed E-state index contributed by atoms with van der Waals surface area (Å²) in [5.41, 5.74) is 3.60. The maximum absolute atomic E-state index is 9.55. The summed E-state index contributed by atoms with van der Waals surface area (Å²) in [4.78, 5) is 0. The van der Waals surface area contributed by atoms with Crippen molar-refractivity contribution in [3.05, 3.63) is 28.8 Å². The molecule has 0 amide bonds. The van der Waals surface area contributed by atoms with E-state index in [0.717, 1.165) is 18.4 Å². The van der Waals surface area contributed by atoms with Gasteiger partial charge < -0.3 is 5.11 Å². The van der Waals surface area contributed by atoms with Gasteiger partial charge >= 0.3 is 0 Å². The second kappa shape index (κ2) is 3.61. The molecule has 0 aliphatic rings. The number of phenolic OH excluding ortho intramolecular Hbond substituents is 1. The van der Waals surface area contributed by atoms with Crippen molar-refractivity contribution in [1.29, 1.82) is 0 Å². The van der Waals surface area contributed by atoms with E-state index in [1.165, 1.54) is 11.1 Å². The van der Waals surface area contributed by atoms with Crippen LogP contribution in [0.2, 0.25) is 0 Å². The lowest BCUT2D eigenvalue weighted by Gasteiger charge is -2.09. The maximum atomic E-state index is 9.55. The van der Waals surface area contributed by atoms with Gasteiger partial charge in [0.2, 0.25) is 0 Å². The summed E-state index contributed by atoms with van der Waals surface area (Å²) in [7, 11) is 0. The highest BCUT2D eigenvalue weighted by Gasteiger charge is 2.04. The molecule has 1 nitrogen and oxygen atoms in total. The van der Waals surface area contributed by atoms with E-state index in [1.54, 1.807) is 6.07 Å². The fourth-order valence-electron chi connectivity index (χ4n) is 1.43. The summed E-state index contributed by atoms with van der Waals surface area (Å²) in [5, 5.41) is 9.55. The molecule has 1 rings (SSSR count). The van der Waals surface area contributed by atoms with Crippen LogP contribution < -0.4 is 0 Å². The fraction of sp³-hybridized carbons (Fsp3) is 0.455. The van der Waals surface area contributed by atoms with Gasteiger partial charge in [0.25, 0.3) is 0 Å². The van der Waals surface area contributed by atoms with Gasteiger partial charge in [0.05, 0.1) is 0 Å². The molecule has 0 unspecified atom stereocenters. The molecule has 1 aromatic carbocycles. The monoisotopic (exact) mass is 164 g/mol. The van der Waals surface area contributed by atoms with Crippen LogP contribution in [0.5, 0.6) is 5.75 Å². The summed E-state index contributed by atoms with van der Waals surface area (Å²) in [5.74, 6) is 0.444. The molecule has 0 bridgehead atoms. The summed E-state index contributed by atoms with van der Waals surface area (Å²) >= 11 is 0. The van der Waals surface area contributed by atoms with E-state index in [9.17, 15) is 5.11 Å². The number of phenols is 1. The van der Waals surface area contributed by atoms with Crippen molar-refractivity contribution in [2.45, 2.75) is 33.6 Å². The van der Waals surface area contributed by atoms with E-state index in [4.69, 9.17) is 0 Å². The highest BCUT2D eigenvalue weighted by atomic mass is 16.3. The third kappa shape index (κ3) is 1.60. The first-order chi connectivity index (χ1) is 5.66. The molecule has 0 radical (unpaired) electrons. The highest BCUT2D eigenvalue weighted by Crippen LogP contribution is 2.24. The second-order valence-corrected chi connectivity index (χ2v) is 3.26. The van der Waals surface area contributed by atoms with Crippen LogP contribution in [0.25, 0.3) is 0 Å². The minimum absolute atomic E-state index is 0.444. The number of aromatic hydroxyl groups is 1. The highest BCUT2D eigenvalue weighted by molar-refractivity contribution is 5.43. The zero-order chi connectivity index (χ0) is 9.14. The third-order valence-corrected chi connectivity index (χ3v) is 2.34. The second-order valence-electron chi connectivity index (χ2n) is 3.26. The molecular formula is C11H16O. The lowest BCUT2D eigenvalue weighted by Crippen LogP contribution is -1.92. The molecular weight excluding hydrogens is 148 g/mol. The Bertz CT molecular complexity index is 277. The molecule has 0 aliphatic heterocycles. The number of benzene rings is 1. The Labute approximate surface area is 74.1 Å². The molecule has 1 aromatic rings. The summed E-state index contributed by atoms with van der Waals surface area (Å²) < 4.78 is 0. The van der Waals surface area contributed by atoms with Gasteiger partial charge in [-0.25, -0.2) is 0 Å². The quantitative estimate of drug-likeness (QED) is 0.712. The molecule has 0 aromatic heterocycles. The smallest absolute Gasteiger partial charge is 0.119 e. The van der Waals surface area contributed by atoms with Gasteiger partial charge in [0.1, 0.15) is 5.75 Å². The van der Waals surface area contributed by atoms with E-state index in [-0.39, 0.29) is 0 Å². The van der Waals surface area contributed by atoms with Crippen molar-refractivity contribution in [2.75, 3.05) is 0 Å². The van der Waals surface area contributed by atoms with Gasteiger partial charge in [-0.15, -0.1) is 0 Å². The van der Waals surface area contributed by atoms with Crippen molar-refractivity contribution in [3.8, 4) is 5.75 Å². The van der Waals surface area contributed by atoms with Crippen molar-refractivity contribution in [3.63, 3.8) is 0 Å². The molecule has 1 N–H and O–H groups in total. The zero-order valence-electron chi connectivity index (χ0n) is 8.02. The first-order valence-electron chi connectivity index (χ1n) is 4.44. The average Bonchev–Trinajstić information content (AvgIpc) is 2.06. The summed E-state index contributed by atoms with van der Waals surface area (Å²) in [6.45, 7) is 6.27. The van der Waals surface area contributed by atoms with Gasteiger partial charge in [-0.2, -0.15) is 0 Å². The van der Waals surface area contributed by atoms with Crippen LogP contribution in [0.15, 0.2) is 12.1 Å². The zero-order valence-corrected chi connectivity index (χ0v) is 8.02. The lowest BCUT2D eigenvalue weighted by atomic mass is 9.99. The molecule has 1 heteroatoms. The van der Waals surface area contributed by atoms with Gasteiger partial charge in [-0.1, -0.05) is 19.4 Å². The van der Waals surface area contributed by atoms with Crippen LogP contribution >= 0.6 is 0 Å². The predicted octanol–water partition coefficient (Wildman–Crippen LogP) is 2.96. The van der Waals surface area contributed by atoms with E-state index in [2.05, 4.69) is 20.8 Å². The van der Waals surface area contributed by atoms with E-state index >= 15 is 0 Å². The van der Waals surface area contributed by atoms with Gasteiger partial charge in [-0.3, -0.25) is 0 Å². The Morgan fingerprint density at radius 2 is 1.92 bits per heavy atom. The average molecular weight is 164 g/mol. The Hall–Kier alpha value is -0.980. The fourth-order valence-corrected chi connectivity index (χ4v) is 1.43. The predicted molar refractivity (Wildman–Crippen MR) is 51.6 cm³/mol. The Balaban J connectivity index is 3.14. The standard InChI is InChI=1S/C11H16O/c1-4-5-10-9(3)8(2)6-7-11(10)12/h6-7,12H,4-5H2,1-3H3. The molecule has 0 heterocycles. The number of rotatable bonds is 2. The molecule has 12 heavy (non-hydrogen) atoms. The van der Waals surface area contributed by atoms with Crippen molar-refractivity contribution < 1.29 is 5.11 Å². The number of aryl methyl sites for hydroxylation is 1. The Morgan fingerprint density at radius 1 is 1.25 bits per heavy atom. The van der Waals surface area contributed by atoms with Crippen LogP contribution in [0.1, 0.15) is 30.0 Å². The number of hydrogen-bond donors (Lipinski definition) is 1. The SMILES string of the molecule is CCCc1c(O)ccc(C)c1C. The van der Waals surface area contributed by atoms with Gasteiger partial charge in [0, 0.05) is 0 Å². The van der Waals surface area contributed by atoms with E-state index in [0.29, 0.717) is 5.75 Å². The molecule has 0 saturated heterocycles. The molecule has 66 valence electrons. The Morgan fingerprint density at radius 3 is 2.50 bits per heavy atom. The van der Waals surface area contributed by atoms with Gasteiger partial charge in [-0.05, 0) is 43.0 Å². The summed E-state index contributed by atoms with van der Waals surface area (Å²) in [6, 6.07) is 3.75. The first-order valence-corrected chi connectivity index (χ1v) is 4.44. The number of hydrogen-bond acceptors (Lipinski definition) is 1. The minimum Gasteiger partial charge on any atom is -0.508 e. The largest absolute Gasteiger partial charge is 0.508 e.